The average Bonchev–Trinajstić information content (AvgIpc) is 3.43. The molecule has 0 atom stereocenters. The lowest BCUT2D eigenvalue weighted by Crippen LogP contribution is -1.97. The summed E-state index contributed by atoms with van der Waals surface area (Å²) in [6.07, 6.45) is 0.895. The largest absolute Gasteiger partial charge is 0.493 e. The second-order valence-corrected chi connectivity index (χ2v) is 8.43. The van der Waals surface area contributed by atoms with Crippen molar-refractivity contribution in [3.63, 3.8) is 0 Å². The van der Waals surface area contributed by atoms with E-state index in [2.05, 4.69) is 29.6 Å². The van der Waals surface area contributed by atoms with Crippen LogP contribution in [0.3, 0.4) is 0 Å². The molecule has 0 aliphatic carbocycles. The summed E-state index contributed by atoms with van der Waals surface area (Å²) in [5.41, 5.74) is 2.96. The summed E-state index contributed by atoms with van der Waals surface area (Å²) in [6.45, 7) is 0. The standard InChI is InChI=1S/C23H19NO3S2/c1-26-19-5-3-4-18(23(19)27-2)24-16-8-6-15(7-9-16)20-12-13-22(29-20)21-11-10-17(14-25)28-21/h3-14,24H,1-2H3. The van der Waals surface area contributed by atoms with Crippen LogP contribution in [0.15, 0.2) is 66.7 Å². The number of carbonyl (C=O) groups excluding carboxylic acids is 1. The van der Waals surface area contributed by atoms with E-state index in [1.165, 1.54) is 21.1 Å². The van der Waals surface area contributed by atoms with Crippen molar-refractivity contribution in [3.05, 3.63) is 71.6 Å². The lowest BCUT2D eigenvalue weighted by Gasteiger charge is -2.14. The molecular formula is C23H19NO3S2. The average molecular weight is 422 g/mol. The highest BCUT2D eigenvalue weighted by Gasteiger charge is 2.11. The van der Waals surface area contributed by atoms with Gasteiger partial charge in [0.25, 0.3) is 0 Å². The van der Waals surface area contributed by atoms with Gasteiger partial charge in [-0.1, -0.05) is 18.2 Å². The third-order valence-corrected chi connectivity index (χ3v) is 6.78. The predicted molar refractivity (Wildman–Crippen MR) is 121 cm³/mol. The first-order valence-electron chi connectivity index (χ1n) is 8.95. The van der Waals surface area contributed by atoms with Gasteiger partial charge in [0.05, 0.1) is 24.8 Å². The van der Waals surface area contributed by atoms with Crippen molar-refractivity contribution in [2.24, 2.45) is 0 Å². The predicted octanol–water partition coefficient (Wildman–Crippen LogP) is 6.72. The highest BCUT2D eigenvalue weighted by atomic mass is 32.1. The number of carbonyl (C=O) groups is 1. The fourth-order valence-corrected chi connectivity index (χ4v) is 4.96. The van der Waals surface area contributed by atoms with Crippen molar-refractivity contribution >= 4 is 40.3 Å². The number of rotatable bonds is 7. The Bertz CT molecular complexity index is 1130. The van der Waals surface area contributed by atoms with Gasteiger partial charge in [-0.2, -0.15) is 0 Å². The molecule has 2 aromatic heterocycles. The van der Waals surface area contributed by atoms with Crippen LogP contribution in [-0.4, -0.2) is 20.5 Å². The molecule has 4 nitrogen and oxygen atoms in total. The van der Waals surface area contributed by atoms with Gasteiger partial charge < -0.3 is 14.8 Å². The van der Waals surface area contributed by atoms with Crippen LogP contribution in [0.5, 0.6) is 11.5 Å². The molecular weight excluding hydrogens is 402 g/mol. The Morgan fingerprint density at radius 2 is 1.52 bits per heavy atom. The zero-order valence-electron chi connectivity index (χ0n) is 16.0. The molecule has 0 spiro atoms. The van der Waals surface area contributed by atoms with Gasteiger partial charge in [0.15, 0.2) is 17.8 Å². The number of anilines is 2. The lowest BCUT2D eigenvalue weighted by molar-refractivity contribution is 0.112. The first-order valence-corrected chi connectivity index (χ1v) is 10.6. The Morgan fingerprint density at radius 3 is 2.21 bits per heavy atom. The number of nitrogens with one attached hydrogen (secondary N) is 1. The van der Waals surface area contributed by atoms with Crippen LogP contribution in [0, 0.1) is 0 Å². The van der Waals surface area contributed by atoms with E-state index in [1.54, 1.807) is 25.6 Å². The van der Waals surface area contributed by atoms with Crippen molar-refractivity contribution in [1.82, 2.24) is 0 Å². The van der Waals surface area contributed by atoms with E-state index < -0.39 is 0 Å². The molecule has 0 aliphatic rings. The fourth-order valence-electron chi connectivity index (χ4n) is 3.03. The summed E-state index contributed by atoms with van der Waals surface area (Å²) >= 11 is 3.24. The Hall–Kier alpha value is -3.09. The molecule has 0 radical (unpaired) electrons. The minimum Gasteiger partial charge on any atom is -0.493 e. The molecule has 4 rings (SSSR count). The number of hydrogen-bond donors (Lipinski definition) is 1. The maximum Gasteiger partial charge on any atom is 0.184 e. The Morgan fingerprint density at radius 1 is 0.793 bits per heavy atom. The van der Waals surface area contributed by atoms with E-state index in [4.69, 9.17) is 9.47 Å². The number of para-hydroxylation sites is 1. The van der Waals surface area contributed by atoms with Crippen LogP contribution < -0.4 is 14.8 Å². The maximum absolute atomic E-state index is 10.9. The van der Waals surface area contributed by atoms with Crippen LogP contribution in [0.2, 0.25) is 0 Å². The first-order chi connectivity index (χ1) is 14.2. The minimum absolute atomic E-state index is 0.674. The van der Waals surface area contributed by atoms with Gasteiger partial charge in [0, 0.05) is 20.3 Å². The molecule has 0 unspecified atom stereocenters. The highest BCUT2D eigenvalue weighted by molar-refractivity contribution is 7.24. The van der Waals surface area contributed by atoms with E-state index >= 15 is 0 Å². The number of benzene rings is 2. The van der Waals surface area contributed by atoms with Crippen LogP contribution in [0.25, 0.3) is 20.2 Å². The number of ether oxygens (including phenoxy) is 2. The molecule has 0 saturated heterocycles. The fraction of sp³-hybridized carbons (Fsp3) is 0.0870. The summed E-state index contributed by atoms with van der Waals surface area (Å²) in [7, 11) is 3.26. The number of aldehydes is 1. The summed E-state index contributed by atoms with van der Waals surface area (Å²) < 4.78 is 10.8. The summed E-state index contributed by atoms with van der Waals surface area (Å²) in [6, 6.07) is 22.1. The lowest BCUT2D eigenvalue weighted by atomic mass is 10.1. The van der Waals surface area contributed by atoms with Gasteiger partial charge in [0.1, 0.15) is 0 Å². The third-order valence-electron chi connectivity index (χ3n) is 4.44. The third kappa shape index (κ3) is 4.04. The smallest absolute Gasteiger partial charge is 0.184 e. The molecule has 29 heavy (non-hydrogen) atoms. The van der Waals surface area contributed by atoms with Crippen LogP contribution in [0.1, 0.15) is 9.67 Å². The molecule has 0 fully saturated rings. The Balaban J connectivity index is 1.54. The topological polar surface area (TPSA) is 47.6 Å². The summed E-state index contributed by atoms with van der Waals surface area (Å²) in [5, 5.41) is 3.38. The van der Waals surface area contributed by atoms with Crippen LogP contribution >= 0.6 is 22.7 Å². The zero-order valence-corrected chi connectivity index (χ0v) is 17.6. The molecule has 0 saturated carbocycles. The highest BCUT2D eigenvalue weighted by Crippen LogP contribution is 2.39. The molecule has 4 aromatic rings. The number of methoxy groups -OCH3 is 2. The SMILES string of the molecule is COc1cccc(Nc2ccc(-c3ccc(-c4ccc(C=O)s4)s3)cc2)c1OC. The van der Waals surface area contributed by atoms with E-state index in [0.29, 0.717) is 11.5 Å². The Labute approximate surface area is 177 Å². The van der Waals surface area contributed by atoms with Crippen molar-refractivity contribution in [3.8, 4) is 31.7 Å². The van der Waals surface area contributed by atoms with Crippen LogP contribution in [-0.2, 0) is 0 Å². The van der Waals surface area contributed by atoms with Crippen molar-refractivity contribution in [2.45, 2.75) is 0 Å². The molecule has 2 heterocycles. The van der Waals surface area contributed by atoms with Crippen LogP contribution in [0.4, 0.5) is 11.4 Å². The monoisotopic (exact) mass is 421 g/mol. The van der Waals surface area contributed by atoms with Crippen molar-refractivity contribution < 1.29 is 14.3 Å². The second kappa shape index (κ2) is 8.51. The van der Waals surface area contributed by atoms with Crippen molar-refractivity contribution in [1.29, 1.82) is 0 Å². The van der Waals surface area contributed by atoms with Gasteiger partial charge in [-0.25, -0.2) is 0 Å². The number of hydrogen-bond acceptors (Lipinski definition) is 6. The molecule has 2 aromatic carbocycles. The minimum atomic E-state index is 0.674. The summed E-state index contributed by atoms with van der Waals surface area (Å²) in [5.74, 6) is 1.36. The van der Waals surface area contributed by atoms with E-state index in [9.17, 15) is 4.79 Å². The zero-order chi connectivity index (χ0) is 20.2. The first kappa shape index (κ1) is 19.2. The van der Waals surface area contributed by atoms with E-state index in [-0.39, 0.29) is 0 Å². The summed E-state index contributed by atoms with van der Waals surface area (Å²) in [4.78, 5) is 15.1. The molecule has 0 bridgehead atoms. The molecule has 0 aliphatic heterocycles. The van der Waals surface area contributed by atoms with Gasteiger partial charge in [-0.15, -0.1) is 22.7 Å². The molecule has 0 amide bonds. The number of thiophene rings is 2. The maximum atomic E-state index is 10.9. The van der Waals surface area contributed by atoms with Gasteiger partial charge >= 0.3 is 0 Å². The second-order valence-electron chi connectivity index (χ2n) is 6.23. The quantitative estimate of drug-likeness (QED) is 0.337. The molecule has 146 valence electrons. The normalized spacial score (nSPS) is 10.6. The molecule has 1 N–H and O–H groups in total. The van der Waals surface area contributed by atoms with E-state index in [1.807, 2.05) is 42.5 Å². The van der Waals surface area contributed by atoms with Gasteiger partial charge in [-0.3, -0.25) is 4.79 Å². The molecule has 6 heteroatoms. The Kier molecular flexibility index (Phi) is 5.64. The van der Waals surface area contributed by atoms with Gasteiger partial charge in [-0.05, 0) is 54.1 Å². The van der Waals surface area contributed by atoms with E-state index in [0.717, 1.165) is 33.0 Å². The van der Waals surface area contributed by atoms with Gasteiger partial charge in [0.2, 0.25) is 0 Å². The van der Waals surface area contributed by atoms with Crippen molar-refractivity contribution in [2.75, 3.05) is 19.5 Å².